The van der Waals surface area contributed by atoms with Gasteiger partial charge in [0.1, 0.15) is 11.6 Å². The molecule has 0 saturated carbocycles. The highest BCUT2D eigenvalue weighted by Crippen LogP contribution is 2.37. The molecule has 4 rings (SSSR count). The summed E-state index contributed by atoms with van der Waals surface area (Å²) in [5.41, 5.74) is 2.89. The van der Waals surface area contributed by atoms with Gasteiger partial charge in [-0.15, -0.1) is 0 Å². The molecule has 11 heteroatoms. The van der Waals surface area contributed by atoms with E-state index in [1.54, 1.807) is 18.2 Å². The number of aliphatic hydroxyl groups is 1. The van der Waals surface area contributed by atoms with E-state index in [-0.39, 0.29) is 35.5 Å². The minimum absolute atomic E-state index is 0.0774. The molecule has 2 heterocycles. The van der Waals surface area contributed by atoms with E-state index >= 15 is 0 Å². The number of aliphatic hydroxyl groups excluding tert-OH is 1. The standard InChI is InChI=1S/C16H23BrFNO2Si.C10H9BrFNO2/c1-16(2,3)22(4,5)20-10-12-9-15(19-21-12)11-6-7-13(17)14(18)8-11;11-8-2-1-6(3-9(8)12)10-4-7(5-14)15-13-10/h6-8,12H,9-10H2,1-5H3;1-3,7,14H,4-5H2. The highest BCUT2D eigenvalue weighted by molar-refractivity contribution is 9.10. The van der Waals surface area contributed by atoms with Gasteiger partial charge in [0.25, 0.3) is 0 Å². The fourth-order valence-corrected chi connectivity index (χ4v) is 4.78. The molecule has 0 bridgehead atoms. The monoisotopic (exact) mass is 660 g/mol. The summed E-state index contributed by atoms with van der Waals surface area (Å²) in [4.78, 5) is 10.4. The third kappa shape index (κ3) is 7.92. The van der Waals surface area contributed by atoms with E-state index in [2.05, 4.69) is 76.0 Å². The number of hydrogen-bond acceptors (Lipinski definition) is 6. The molecule has 0 amide bonds. The van der Waals surface area contributed by atoms with E-state index < -0.39 is 8.32 Å². The average molecular weight is 662 g/mol. The third-order valence-corrected chi connectivity index (χ3v) is 12.4. The summed E-state index contributed by atoms with van der Waals surface area (Å²) in [5.74, 6) is -0.621. The van der Waals surface area contributed by atoms with Gasteiger partial charge in [-0.3, -0.25) is 0 Å². The second kappa shape index (κ2) is 12.5. The summed E-state index contributed by atoms with van der Waals surface area (Å²) in [7, 11) is -1.79. The highest BCUT2D eigenvalue weighted by Gasteiger charge is 2.38. The maximum Gasteiger partial charge on any atom is 0.192 e. The maximum atomic E-state index is 13.6. The number of oxime groups is 2. The Balaban J connectivity index is 0.000000220. The predicted molar refractivity (Wildman–Crippen MR) is 150 cm³/mol. The van der Waals surface area contributed by atoms with Crippen molar-refractivity contribution in [3.05, 3.63) is 68.1 Å². The van der Waals surface area contributed by atoms with Gasteiger partial charge in [0.05, 0.1) is 33.6 Å². The van der Waals surface area contributed by atoms with Crippen molar-refractivity contribution >= 4 is 51.6 Å². The van der Waals surface area contributed by atoms with Crippen molar-refractivity contribution in [2.24, 2.45) is 10.3 Å². The van der Waals surface area contributed by atoms with Crippen molar-refractivity contribution in [1.29, 1.82) is 0 Å². The van der Waals surface area contributed by atoms with Crippen LogP contribution in [-0.2, 0) is 14.1 Å². The van der Waals surface area contributed by atoms with Gasteiger partial charge < -0.3 is 19.2 Å². The Morgan fingerprint density at radius 2 is 1.38 bits per heavy atom. The first-order valence-electron chi connectivity index (χ1n) is 11.9. The lowest BCUT2D eigenvalue weighted by Gasteiger charge is -2.36. The first-order chi connectivity index (χ1) is 17.3. The molecule has 37 heavy (non-hydrogen) atoms. The SMILES string of the molecule is CC(C)(C)[Si](C)(C)OCC1CC(c2ccc(Br)c(F)c2)=NO1.OCC1CC(c2ccc(Br)c(F)c2)=NO1. The highest BCUT2D eigenvalue weighted by atomic mass is 79.9. The summed E-state index contributed by atoms with van der Waals surface area (Å²) < 4.78 is 33.9. The second-order valence-corrected chi connectivity index (χ2v) is 17.0. The van der Waals surface area contributed by atoms with Crippen molar-refractivity contribution in [1.82, 2.24) is 0 Å². The van der Waals surface area contributed by atoms with Gasteiger partial charge in [0.15, 0.2) is 20.5 Å². The smallest absolute Gasteiger partial charge is 0.192 e. The van der Waals surface area contributed by atoms with Crippen LogP contribution in [0.4, 0.5) is 8.78 Å². The molecule has 202 valence electrons. The van der Waals surface area contributed by atoms with Gasteiger partial charge in [-0.2, -0.15) is 0 Å². The van der Waals surface area contributed by atoms with Crippen molar-refractivity contribution in [3.63, 3.8) is 0 Å². The van der Waals surface area contributed by atoms with Crippen LogP contribution < -0.4 is 0 Å². The number of rotatable bonds is 6. The van der Waals surface area contributed by atoms with Crippen molar-refractivity contribution in [2.75, 3.05) is 13.2 Å². The lowest BCUT2D eigenvalue weighted by molar-refractivity contribution is 0.0390. The number of hydrogen-bond donors (Lipinski definition) is 1. The first-order valence-corrected chi connectivity index (χ1v) is 16.4. The minimum atomic E-state index is -1.79. The van der Waals surface area contributed by atoms with Gasteiger partial charge in [-0.25, -0.2) is 8.78 Å². The number of halogens is 4. The van der Waals surface area contributed by atoms with Crippen LogP contribution in [0, 0.1) is 11.6 Å². The second-order valence-electron chi connectivity index (χ2n) is 10.5. The largest absolute Gasteiger partial charge is 0.413 e. The zero-order valence-electron chi connectivity index (χ0n) is 21.5. The fourth-order valence-electron chi connectivity index (χ4n) is 3.25. The molecular formula is C26H32Br2F2N2O4Si. The molecule has 2 aliphatic rings. The summed E-state index contributed by atoms with van der Waals surface area (Å²) >= 11 is 6.23. The molecule has 0 saturated heterocycles. The number of nitrogens with zero attached hydrogens (tertiary/aromatic N) is 2. The Kier molecular flexibility index (Phi) is 10.1. The van der Waals surface area contributed by atoms with E-state index in [1.807, 2.05) is 6.07 Å². The zero-order valence-corrected chi connectivity index (χ0v) is 25.7. The molecule has 0 radical (unpaired) electrons. The topological polar surface area (TPSA) is 72.6 Å². The summed E-state index contributed by atoms with van der Waals surface area (Å²) in [5, 5.41) is 16.9. The summed E-state index contributed by atoms with van der Waals surface area (Å²) in [6.45, 7) is 11.5. The molecule has 2 unspecified atom stereocenters. The third-order valence-electron chi connectivity index (χ3n) is 6.61. The normalized spacial score (nSPS) is 19.4. The lowest BCUT2D eigenvalue weighted by Crippen LogP contribution is -2.42. The molecular weight excluding hydrogens is 630 g/mol. The van der Waals surface area contributed by atoms with E-state index in [9.17, 15) is 8.78 Å². The van der Waals surface area contributed by atoms with Crippen LogP contribution in [0.2, 0.25) is 18.1 Å². The minimum Gasteiger partial charge on any atom is -0.413 e. The molecule has 2 aliphatic heterocycles. The Hall–Kier alpha value is -1.66. The molecule has 2 aromatic carbocycles. The van der Waals surface area contributed by atoms with Crippen molar-refractivity contribution in [2.45, 2.75) is 64.0 Å². The summed E-state index contributed by atoms with van der Waals surface area (Å²) in [6, 6.07) is 9.78. The van der Waals surface area contributed by atoms with E-state index in [1.165, 1.54) is 12.1 Å². The van der Waals surface area contributed by atoms with Crippen LogP contribution in [0.15, 0.2) is 55.7 Å². The molecule has 2 atom stereocenters. The first kappa shape index (κ1) is 29.9. The van der Waals surface area contributed by atoms with E-state index in [4.69, 9.17) is 19.2 Å². The number of benzene rings is 2. The Labute approximate surface area is 234 Å². The van der Waals surface area contributed by atoms with Crippen molar-refractivity contribution in [3.8, 4) is 0 Å². The molecule has 1 N–H and O–H groups in total. The van der Waals surface area contributed by atoms with Gasteiger partial charge in [0.2, 0.25) is 0 Å². The van der Waals surface area contributed by atoms with E-state index in [0.29, 0.717) is 39.7 Å². The molecule has 0 aliphatic carbocycles. The fraction of sp³-hybridized carbons (Fsp3) is 0.462. The molecule has 0 fully saturated rings. The molecule has 2 aromatic rings. The van der Waals surface area contributed by atoms with Crippen LogP contribution in [0.3, 0.4) is 0 Å². The summed E-state index contributed by atoms with van der Waals surface area (Å²) in [6.07, 6.45) is 0.773. The van der Waals surface area contributed by atoms with Crippen LogP contribution >= 0.6 is 31.9 Å². The Bertz CT molecular complexity index is 1170. The van der Waals surface area contributed by atoms with Gasteiger partial charge in [0, 0.05) is 24.0 Å². The molecule has 0 aromatic heterocycles. The van der Waals surface area contributed by atoms with Crippen LogP contribution in [-0.4, -0.2) is 50.3 Å². The molecule has 0 spiro atoms. The Morgan fingerprint density at radius 1 is 0.919 bits per heavy atom. The average Bonchev–Trinajstić information content (AvgIpc) is 3.51. The van der Waals surface area contributed by atoms with E-state index in [0.717, 1.165) is 11.3 Å². The van der Waals surface area contributed by atoms with Crippen LogP contribution in [0.1, 0.15) is 44.7 Å². The van der Waals surface area contributed by atoms with Gasteiger partial charge >= 0.3 is 0 Å². The quantitative estimate of drug-likeness (QED) is 0.333. The maximum absolute atomic E-state index is 13.6. The lowest BCUT2D eigenvalue weighted by atomic mass is 10.1. The van der Waals surface area contributed by atoms with Crippen molar-refractivity contribution < 1.29 is 28.0 Å². The zero-order chi connectivity index (χ0) is 27.4. The van der Waals surface area contributed by atoms with Gasteiger partial charge in [-0.1, -0.05) is 43.2 Å². The molecule has 6 nitrogen and oxygen atoms in total. The predicted octanol–water partition coefficient (Wildman–Crippen LogP) is 7.18. The van der Waals surface area contributed by atoms with Crippen LogP contribution in [0.5, 0.6) is 0 Å². The van der Waals surface area contributed by atoms with Crippen LogP contribution in [0.25, 0.3) is 0 Å². The Morgan fingerprint density at radius 3 is 1.78 bits per heavy atom. The van der Waals surface area contributed by atoms with Gasteiger partial charge in [-0.05, 0) is 74.3 Å².